The fraction of sp³-hybridized carbons (Fsp3) is 0. The van der Waals surface area contributed by atoms with Crippen molar-refractivity contribution in [3.05, 3.63) is 128 Å². The van der Waals surface area contributed by atoms with Crippen LogP contribution in [0.4, 0.5) is 0 Å². The zero-order valence-electron chi connectivity index (χ0n) is 20.5. The minimum atomic E-state index is 0. The number of hydrogen-bond donors (Lipinski definition) is 0. The number of ether oxygens (including phenoxy) is 1. The molecule has 8 rings (SSSR count). The van der Waals surface area contributed by atoms with E-state index in [9.17, 15) is 0 Å². The molecule has 8 aromatic rings. The Hall–Kier alpha value is -4.53. The van der Waals surface area contributed by atoms with Gasteiger partial charge in [-0.2, -0.15) is 0 Å². The number of nitrogens with zero attached hydrogens (tertiary/aromatic N) is 3. The average molecular weight is 681 g/mol. The summed E-state index contributed by atoms with van der Waals surface area (Å²) in [6.45, 7) is 0. The Balaban J connectivity index is 0.00000253. The Morgan fingerprint density at radius 2 is 1.38 bits per heavy atom. The van der Waals surface area contributed by atoms with Crippen LogP contribution in [0, 0.1) is 12.1 Å². The third kappa shape index (κ3) is 3.79. The van der Waals surface area contributed by atoms with Crippen molar-refractivity contribution < 1.29 is 25.8 Å². The molecule has 4 nitrogen and oxygen atoms in total. The van der Waals surface area contributed by atoms with Crippen molar-refractivity contribution in [2.24, 2.45) is 0 Å². The number of para-hydroxylation sites is 3. The van der Waals surface area contributed by atoms with E-state index in [0.717, 1.165) is 60.4 Å². The first kappa shape index (κ1) is 23.6. The molecule has 0 aliphatic heterocycles. The molecule has 3 aromatic heterocycles. The van der Waals surface area contributed by atoms with Crippen LogP contribution in [-0.2, 0) is 21.1 Å². The Kier molecular flexibility index (Phi) is 5.64. The van der Waals surface area contributed by atoms with Gasteiger partial charge in [-0.15, -0.1) is 29.8 Å². The zero-order chi connectivity index (χ0) is 25.1. The fourth-order valence-corrected chi connectivity index (χ4v) is 5.37. The topological polar surface area (TPSA) is 39.4 Å². The summed E-state index contributed by atoms with van der Waals surface area (Å²) in [6.07, 6.45) is 1.83. The van der Waals surface area contributed by atoms with Gasteiger partial charge in [0, 0.05) is 23.2 Å². The van der Waals surface area contributed by atoms with Crippen LogP contribution in [0.15, 0.2) is 115 Å². The van der Waals surface area contributed by atoms with E-state index < -0.39 is 0 Å². The van der Waals surface area contributed by atoms with E-state index in [-0.39, 0.29) is 21.1 Å². The molecule has 0 unspecified atom stereocenters. The van der Waals surface area contributed by atoms with Crippen molar-refractivity contribution in [3.8, 4) is 22.8 Å². The quantitative estimate of drug-likeness (QED) is 0.139. The summed E-state index contributed by atoms with van der Waals surface area (Å²) in [5, 5.41) is 5.39. The molecule has 0 bridgehead atoms. The molecule has 5 heteroatoms. The molecule has 0 aliphatic rings. The van der Waals surface area contributed by atoms with Crippen molar-refractivity contribution in [1.82, 2.24) is 14.4 Å². The standard InChI is InChI=1S/C34H19N3O.Pt/c1-2-11-26-22(8-1)18-19-35-33(26)23-9-7-10-24(20-23)38-25-16-17-27-28-12-3-5-14-31(28)37-32-15-6-4-13-30(32)36-34(37)29(27)21-25;/h1-19H;/q-2;+2. The molecular weight excluding hydrogens is 661 g/mol. The Labute approximate surface area is 238 Å². The summed E-state index contributed by atoms with van der Waals surface area (Å²) in [7, 11) is 0. The molecule has 0 fully saturated rings. The maximum Gasteiger partial charge on any atom is 2.00 e. The number of benzene rings is 5. The summed E-state index contributed by atoms with van der Waals surface area (Å²) >= 11 is 0. The van der Waals surface area contributed by atoms with Gasteiger partial charge in [0.2, 0.25) is 0 Å². The Morgan fingerprint density at radius 3 is 2.31 bits per heavy atom. The van der Waals surface area contributed by atoms with Crippen molar-refractivity contribution in [1.29, 1.82) is 0 Å². The number of imidazole rings is 1. The molecule has 0 saturated carbocycles. The molecule has 0 amide bonds. The summed E-state index contributed by atoms with van der Waals surface area (Å²) < 4.78 is 8.53. The van der Waals surface area contributed by atoms with Crippen LogP contribution in [0.5, 0.6) is 11.5 Å². The van der Waals surface area contributed by atoms with Crippen LogP contribution in [0.25, 0.3) is 60.4 Å². The van der Waals surface area contributed by atoms with E-state index in [2.05, 4.69) is 70.0 Å². The van der Waals surface area contributed by atoms with Gasteiger partial charge in [0.25, 0.3) is 0 Å². The molecule has 186 valence electrons. The van der Waals surface area contributed by atoms with Gasteiger partial charge in [0.15, 0.2) is 0 Å². The molecule has 3 heterocycles. The maximum atomic E-state index is 6.32. The first-order valence-electron chi connectivity index (χ1n) is 12.5. The van der Waals surface area contributed by atoms with Gasteiger partial charge in [-0.25, -0.2) is 0 Å². The number of hydrogen-bond acceptors (Lipinski definition) is 3. The molecule has 5 aromatic carbocycles. The van der Waals surface area contributed by atoms with E-state index in [1.54, 1.807) is 0 Å². The largest absolute Gasteiger partial charge is 2.00 e. The molecular formula is C34H19N3OPt. The van der Waals surface area contributed by atoms with Gasteiger partial charge in [-0.3, -0.25) is 4.98 Å². The second-order valence-electron chi connectivity index (χ2n) is 9.30. The molecule has 0 saturated heterocycles. The van der Waals surface area contributed by atoms with Crippen molar-refractivity contribution in [2.45, 2.75) is 0 Å². The Bertz CT molecular complexity index is 2180. The summed E-state index contributed by atoms with van der Waals surface area (Å²) in [5.74, 6) is 1.22. The van der Waals surface area contributed by atoms with Gasteiger partial charge < -0.3 is 14.1 Å². The van der Waals surface area contributed by atoms with Crippen molar-refractivity contribution in [3.63, 3.8) is 0 Å². The first-order valence-corrected chi connectivity index (χ1v) is 12.5. The molecule has 39 heavy (non-hydrogen) atoms. The van der Waals surface area contributed by atoms with E-state index in [1.807, 2.05) is 66.9 Å². The van der Waals surface area contributed by atoms with Crippen LogP contribution >= 0.6 is 0 Å². The molecule has 0 N–H and O–H groups in total. The molecule has 0 radical (unpaired) electrons. The fourth-order valence-electron chi connectivity index (χ4n) is 5.37. The number of rotatable bonds is 3. The van der Waals surface area contributed by atoms with Crippen molar-refractivity contribution in [2.75, 3.05) is 0 Å². The number of pyridine rings is 2. The van der Waals surface area contributed by atoms with Gasteiger partial charge in [-0.05, 0) is 46.1 Å². The number of aromatic nitrogens is 3. The average Bonchev–Trinajstić information content (AvgIpc) is 3.37. The second kappa shape index (κ2) is 9.34. The van der Waals surface area contributed by atoms with Gasteiger partial charge in [0.05, 0.1) is 16.7 Å². The zero-order valence-corrected chi connectivity index (χ0v) is 22.8. The SMILES string of the molecule is [Pt+2].[c-]1c(Oc2[c-]c3c(cc2)c2ccccc2n2c4ccccc4nc32)cccc1-c1nccc2ccccc12. The third-order valence-electron chi connectivity index (χ3n) is 7.06. The third-order valence-corrected chi connectivity index (χ3v) is 7.06. The predicted molar refractivity (Wildman–Crippen MR) is 153 cm³/mol. The molecule has 0 aliphatic carbocycles. The summed E-state index contributed by atoms with van der Waals surface area (Å²) in [6, 6.07) is 43.8. The van der Waals surface area contributed by atoms with E-state index in [0.29, 0.717) is 11.5 Å². The summed E-state index contributed by atoms with van der Waals surface area (Å²) in [4.78, 5) is 9.63. The van der Waals surface area contributed by atoms with E-state index in [1.165, 1.54) is 0 Å². The first-order chi connectivity index (χ1) is 18.8. The van der Waals surface area contributed by atoms with Gasteiger partial charge in [0.1, 0.15) is 0 Å². The minimum Gasteiger partial charge on any atom is -0.497 e. The van der Waals surface area contributed by atoms with E-state index >= 15 is 0 Å². The van der Waals surface area contributed by atoms with Crippen LogP contribution in [0.1, 0.15) is 0 Å². The molecule has 0 atom stereocenters. The Morgan fingerprint density at radius 1 is 0.615 bits per heavy atom. The predicted octanol–water partition coefficient (Wildman–Crippen LogP) is 8.40. The second-order valence-corrected chi connectivity index (χ2v) is 9.30. The van der Waals surface area contributed by atoms with Crippen LogP contribution in [-0.4, -0.2) is 14.4 Å². The van der Waals surface area contributed by atoms with Gasteiger partial charge in [-0.1, -0.05) is 83.6 Å². The maximum absolute atomic E-state index is 6.32. The minimum absolute atomic E-state index is 0. The van der Waals surface area contributed by atoms with Crippen LogP contribution < -0.4 is 4.74 Å². The normalized spacial score (nSPS) is 11.4. The van der Waals surface area contributed by atoms with Gasteiger partial charge >= 0.3 is 21.1 Å². The smallest absolute Gasteiger partial charge is 0.497 e. The van der Waals surface area contributed by atoms with Crippen LogP contribution in [0.2, 0.25) is 0 Å². The molecule has 0 spiro atoms. The monoisotopic (exact) mass is 680 g/mol. The van der Waals surface area contributed by atoms with Crippen molar-refractivity contribution >= 4 is 49.1 Å². The number of fused-ring (bicyclic) bond motifs is 9. The van der Waals surface area contributed by atoms with E-state index in [4.69, 9.17) is 9.72 Å². The summed E-state index contributed by atoms with van der Waals surface area (Å²) in [5.41, 5.74) is 5.77. The van der Waals surface area contributed by atoms with Crippen LogP contribution in [0.3, 0.4) is 0 Å².